The molecule has 2 rings (SSSR count). The average molecular weight is 341 g/mol. The number of aliphatic hydroxyl groups is 1. The standard InChI is InChI=1S/C17H25BrO2/c1-3-5-6-12(4-2)16(19)11-14-10-15(18)9-13-7-8-20-17(13)14/h9-10,12,16,19H,3-8,11H2,1-2H3. The van der Waals surface area contributed by atoms with Crippen LogP contribution in [0.4, 0.5) is 0 Å². The minimum Gasteiger partial charge on any atom is -0.493 e. The molecule has 112 valence electrons. The Morgan fingerprint density at radius 3 is 2.85 bits per heavy atom. The predicted molar refractivity (Wildman–Crippen MR) is 86.4 cm³/mol. The lowest BCUT2D eigenvalue weighted by Gasteiger charge is -2.22. The smallest absolute Gasteiger partial charge is 0.125 e. The fourth-order valence-corrected chi connectivity index (χ4v) is 3.58. The largest absolute Gasteiger partial charge is 0.493 e. The minimum absolute atomic E-state index is 0.269. The van der Waals surface area contributed by atoms with Crippen LogP contribution in [0.3, 0.4) is 0 Å². The SMILES string of the molecule is CCCCC(CC)C(O)Cc1cc(Br)cc2c1OCC2. The summed E-state index contributed by atoms with van der Waals surface area (Å²) in [6, 6.07) is 4.23. The number of rotatable bonds is 7. The van der Waals surface area contributed by atoms with Crippen molar-refractivity contribution >= 4 is 15.9 Å². The third-order valence-corrected chi connectivity index (χ3v) is 4.71. The van der Waals surface area contributed by atoms with Gasteiger partial charge in [-0.1, -0.05) is 49.0 Å². The van der Waals surface area contributed by atoms with Gasteiger partial charge >= 0.3 is 0 Å². The summed E-state index contributed by atoms with van der Waals surface area (Å²) >= 11 is 3.56. The summed E-state index contributed by atoms with van der Waals surface area (Å²) < 4.78 is 6.84. The summed E-state index contributed by atoms with van der Waals surface area (Å²) in [5.74, 6) is 1.41. The lowest BCUT2D eigenvalue weighted by atomic mass is 9.89. The van der Waals surface area contributed by atoms with Crippen molar-refractivity contribution < 1.29 is 9.84 Å². The Labute approximate surface area is 130 Å². The van der Waals surface area contributed by atoms with E-state index in [1.807, 2.05) is 0 Å². The van der Waals surface area contributed by atoms with Crippen molar-refractivity contribution in [1.29, 1.82) is 0 Å². The molecule has 1 N–H and O–H groups in total. The Balaban J connectivity index is 2.09. The van der Waals surface area contributed by atoms with Crippen LogP contribution in [0.25, 0.3) is 0 Å². The van der Waals surface area contributed by atoms with Gasteiger partial charge in [0, 0.05) is 17.3 Å². The van der Waals surface area contributed by atoms with Crippen LogP contribution in [0.2, 0.25) is 0 Å². The van der Waals surface area contributed by atoms with Crippen LogP contribution < -0.4 is 4.74 Å². The van der Waals surface area contributed by atoms with E-state index >= 15 is 0 Å². The zero-order chi connectivity index (χ0) is 14.5. The van der Waals surface area contributed by atoms with Crippen LogP contribution >= 0.6 is 15.9 Å². The van der Waals surface area contributed by atoms with Crippen LogP contribution in [0, 0.1) is 5.92 Å². The van der Waals surface area contributed by atoms with Gasteiger partial charge in [-0.2, -0.15) is 0 Å². The van der Waals surface area contributed by atoms with Crippen molar-refractivity contribution in [2.45, 2.75) is 58.5 Å². The molecule has 0 radical (unpaired) electrons. The van der Waals surface area contributed by atoms with Gasteiger partial charge in [-0.15, -0.1) is 0 Å². The third kappa shape index (κ3) is 3.76. The Bertz CT molecular complexity index is 445. The molecule has 1 heterocycles. The predicted octanol–water partition coefficient (Wildman–Crippen LogP) is 4.50. The molecule has 0 aliphatic carbocycles. The van der Waals surface area contributed by atoms with Gasteiger partial charge in [-0.3, -0.25) is 0 Å². The molecule has 0 fully saturated rings. The molecule has 0 saturated carbocycles. The van der Waals surface area contributed by atoms with Crippen molar-refractivity contribution in [2.24, 2.45) is 5.92 Å². The maximum atomic E-state index is 10.5. The van der Waals surface area contributed by atoms with Gasteiger partial charge in [0.1, 0.15) is 5.75 Å². The molecule has 1 aromatic rings. The van der Waals surface area contributed by atoms with E-state index in [9.17, 15) is 5.11 Å². The number of benzene rings is 1. The zero-order valence-corrected chi connectivity index (χ0v) is 14.1. The minimum atomic E-state index is -0.269. The van der Waals surface area contributed by atoms with E-state index < -0.39 is 0 Å². The zero-order valence-electron chi connectivity index (χ0n) is 12.5. The van der Waals surface area contributed by atoms with Crippen LogP contribution in [0.1, 0.15) is 50.7 Å². The van der Waals surface area contributed by atoms with Crippen LogP contribution in [-0.2, 0) is 12.8 Å². The number of hydrogen-bond acceptors (Lipinski definition) is 2. The molecule has 0 saturated heterocycles. The van der Waals surface area contributed by atoms with E-state index in [-0.39, 0.29) is 6.10 Å². The summed E-state index contributed by atoms with van der Waals surface area (Å²) in [7, 11) is 0. The molecule has 1 aliphatic heterocycles. The normalized spacial score (nSPS) is 16.6. The van der Waals surface area contributed by atoms with Crippen molar-refractivity contribution in [2.75, 3.05) is 6.61 Å². The van der Waals surface area contributed by atoms with Gasteiger partial charge in [0.2, 0.25) is 0 Å². The summed E-state index contributed by atoms with van der Waals surface area (Å²) in [6.07, 6.45) is 5.95. The van der Waals surface area contributed by atoms with Gasteiger partial charge in [0.25, 0.3) is 0 Å². The Morgan fingerprint density at radius 2 is 2.15 bits per heavy atom. The molecule has 2 atom stereocenters. The molecule has 0 amide bonds. The first-order chi connectivity index (χ1) is 9.65. The molecule has 1 aromatic carbocycles. The van der Waals surface area contributed by atoms with Gasteiger partial charge in [0.15, 0.2) is 0 Å². The molecule has 1 aliphatic rings. The van der Waals surface area contributed by atoms with E-state index in [2.05, 4.69) is 41.9 Å². The lowest BCUT2D eigenvalue weighted by molar-refractivity contribution is 0.0980. The molecule has 20 heavy (non-hydrogen) atoms. The highest BCUT2D eigenvalue weighted by Crippen LogP contribution is 2.34. The first-order valence-corrected chi connectivity index (χ1v) is 8.57. The monoisotopic (exact) mass is 340 g/mol. The number of unbranched alkanes of at least 4 members (excludes halogenated alkanes) is 1. The van der Waals surface area contributed by atoms with Crippen molar-refractivity contribution in [3.63, 3.8) is 0 Å². The van der Waals surface area contributed by atoms with Gasteiger partial charge in [0.05, 0.1) is 12.7 Å². The Kier molecular flexibility index (Phi) is 5.91. The quantitative estimate of drug-likeness (QED) is 0.791. The number of halogens is 1. The average Bonchev–Trinajstić information content (AvgIpc) is 2.87. The summed E-state index contributed by atoms with van der Waals surface area (Å²) in [6.45, 7) is 5.14. The molecule has 0 aromatic heterocycles. The Hall–Kier alpha value is -0.540. The number of hydrogen-bond donors (Lipinski definition) is 1. The van der Waals surface area contributed by atoms with E-state index in [1.165, 1.54) is 18.4 Å². The Morgan fingerprint density at radius 1 is 1.35 bits per heavy atom. The van der Waals surface area contributed by atoms with Crippen molar-refractivity contribution in [3.05, 3.63) is 27.7 Å². The van der Waals surface area contributed by atoms with Gasteiger partial charge in [-0.05, 0) is 35.6 Å². The number of ether oxygens (including phenoxy) is 1. The summed E-state index contributed by atoms with van der Waals surface area (Å²) in [5.41, 5.74) is 2.41. The van der Waals surface area contributed by atoms with E-state index in [1.54, 1.807) is 0 Å². The molecule has 2 unspecified atom stereocenters. The molecular weight excluding hydrogens is 316 g/mol. The van der Waals surface area contributed by atoms with Crippen LogP contribution in [0.15, 0.2) is 16.6 Å². The first-order valence-electron chi connectivity index (χ1n) is 7.77. The molecule has 3 heteroatoms. The highest BCUT2D eigenvalue weighted by Gasteiger charge is 2.23. The van der Waals surface area contributed by atoms with E-state index in [4.69, 9.17) is 4.74 Å². The second-order valence-electron chi connectivity index (χ2n) is 5.73. The fourth-order valence-electron chi connectivity index (χ4n) is 3.02. The fraction of sp³-hybridized carbons (Fsp3) is 0.647. The number of fused-ring (bicyclic) bond motifs is 1. The van der Waals surface area contributed by atoms with Crippen molar-refractivity contribution in [1.82, 2.24) is 0 Å². The summed E-state index contributed by atoms with van der Waals surface area (Å²) in [5, 5.41) is 10.5. The second kappa shape index (κ2) is 7.46. The van der Waals surface area contributed by atoms with Crippen LogP contribution in [0.5, 0.6) is 5.75 Å². The lowest BCUT2D eigenvalue weighted by Crippen LogP contribution is -2.22. The maximum Gasteiger partial charge on any atom is 0.125 e. The van der Waals surface area contributed by atoms with Gasteiger partial charge < -0.3 is 9.84 Å². The summed E-state index contributed by atoms with van der Waals surface area (Å²) in [4.78, 5) is 0. The van der Waals surface area contributed by atoms with Crippen LogP contribution in [-0.4, -0.2) is 17.8 Å². The maximum absolute atomic E-state index is 10.5. The first kappa shape index (κ1) is 15.8. The van der Waals surface area contributed by atoms with E-state index in [0.29, 0.717) is 12.3 Å². The highest BCUT2D eigenvalue weighted by molar-refractivity contribution is 9.10. The topological polar surface area (TPSA) is 29.5 Å². The third-order valence-electron chi connectivity index (χ3n) is 4.25. The molecule has 2 nitrogen and oxygen atoms in total. The molecule has 0 spiro atoms. The highest BCUT2D eigenvalue weighted by atomic mass is 79.9. The van der Waals surface area contributed by atoms with Gasteiger partial charge in [-0.25, -0.2) is 0 Å². The van der Waals surface area contributed by atoms with Crippen molar-refractivity contribution in [3.8, 4) is 5.75 Å². The number of aliphatic hydroxyl groups excluding tert-OH is 1. The molecule has 0 bridgehead atoms. The second-order valence-corrected chi connectivity index (χ2v) is 6.65. The van der Waals surface area contributed by atoms with E-state index in [0.717, 1.165) is 41.7 Å². The molecular formula is C17H25BrO2.